The predicted octanol–water partition coefficient (Wildman–Crippen LogP) is 3.47. The number of aromatic carboxylic acids is 1. The van der Waals surface area contributed by atoms with Crippen LogP contribution in [0.4, 0.5) is 11.5 Å². The molecule has 0 bridgehead atoms. The van der Waals surface area contributed by atoms with Gasteiger partial charge in [0.25, 0.3) is 5.91 Å². The van der Waals surface area contributed by atoms with Gasteiger partial charge in [0.1, 0.15) is 11.5 Å². The van der Waals surface area contributed by atoms with E-state index in [4.69, 9.17) is 21.4 Å². The average molecular weight is 392 g/mol. The van der Waals surface area contributed by atoms with Crippen LogP contribution in [0.3, 0.4) is 0 Å². The summed E-state index contributed by atoms with van der Waals surface area (Å²) in [5.41, 5.74) is 1.40. The van der Waals surface area contributed by atoms with Crippen molar-refractivity contribution >= 4 is 35.0 Å². The van der Waals surface area contributed by atoms with E-state index in [1.807, 2.05) is 11.8 Å². The third-order valence-corrected chi connectivity index (χ3v) is 4.21. The third-order valence-electron chi connectivity index (χ3n) is 3.99. The molecule has 144 valence electrons. The number of carboxylic acid groups (broad SMARTS) is 1. The maximum atomic E-state index is 12.6. The normalized spacial score (nSPS) is 10.5. The van der Waals surface area contributed by atoms with Crippen molar-refractivity contribution in [3.63, 3.8) is 0 Å². The van der Waals surface area contributed by atoms with Crippen LogP contribution in [0.25, 0.3) is 0 Å². The van der Waals surface area contributed by atoms with Crippen molar-refractivity contribution in [1.29, 1.82) is 0 Å². The number of aryl methyl sites for hydroxylation is 1. The number of ether oxygens (including phenoxy) is 1. The van der Waals surface area contributed by atoms with E-state index in [0.717, 1.165) is 0 Å². The standard InChI is InChI=1S/C19H22ClN3O4/c1-4-23(7-8-27-3)17-11-13(20)10-16(22-17)18(24)21-14-5-6-15(19(25)26)12(2)9-14/h5-6,9-11H,4,7-8H2,1-3H3,(H,21,24)(H,25,26). The maximum Gasteiger partial charge on any atom is 0.335 e. The molecule has 0 aliphatic carbocycles. The van der Waals surface area contributed by atoms with Crippen LogP contribution < -0.4 is 10.2 Å². The Balaban J connectivity index is 2.23. The monoisotopic (exact) mass is 391 g/mol. The molecule has 0 saturated carbocycles. The van der Waals surface area contributed by atoms with Crippen LogP contribution in [-0.4, -0.2) is 48.8 Å². The van der Waals surface area contributed by atoms with E-state index in [9.17, 15) is 9.59 Å². The van der Waals surface area contributed by atoms with Gasteiger partial charge in [-0.05, 0) is 49.7 Å². The molecule has 0 unspecified atom stereocenters. The molecule has 0 aliphatic heterocycles. The van der Waals surface area contributed by atoms with Crippen molar-refractivity contribution in [2.75, 3.05) is 37.0 Å². The smallest absolute Gasteiger partial charge is 0.335 e. The Bertz CT molecular complexity index is 842. The van der Waals surface area contributed by atoms with Gasteiger partial charge in [0.2, 0.25) is 0 Å². The van der Waals surface area contributed by atoms with Gasteiger partial charge >= 0.3 is 5.97 Å². The second-order valence-electron chi connectivity index (χ2n) is 5.89. The molecule has 0 atom stereocenters. The molecule has 0 saturated heterocycles. The molecule has 0 fully saturated rings. The van der Waals surface area contributed by atoms with Crippen LogP contribution in [0.1, 0.15) is 33.3 Å². The zero-order valence-electron chi connectivity index (χ0n) is 15.5. The molecule has 1 amide bonds. The summed E-state index contributed by atoms with van der Waals surface area (Å²) in [6.07, 6.45) is 0. The fraction of sp³-hybridized carbons (Fsp3) is 0.316. The highest BCUT2D eigenvalue weighted by atomic mass is 35.5. The number of carbonyl (C=O) groups excluding carboxylic acids is 1. The molecule has 0 spiro atoms. The Labute approximate surface area is 162 Å². The van der Waals surface area contributed by atoms with Crippen molar-refractivity contribution in [3.05, 3.63) is 52.2 Å². The summed E-state index contributed by atoms with van der Waals surface area (Å²) in [6, 6.07) is 7.78. The van der Waals surface area contributed by atoms with E-state index >= 15 is 0 Å². The fourth-order valence-corrected chi connectivity index (χ4v) is 2.78. The quantitative estimate of drug-likeness (QED) is 0.715. The minimum absolute atomic E-state index is 0.174. The van der Waals surface area contributed by atoms with Crippen molar-refractivity contribution in [1.82, 2.24) is 4.98 Å². The minimum Gasteiger partial charge on any atom is -0.478 e. The molecule has 1 aromatic carbocycles. The first kappa shape index (κ1) is 20.7. The molecule has 0 radical (unpaired) electrons. The number of carbonyl (C=O) groups is 2. The molecular weight excluding hydrogens is 370 g/mol. The van der Waals surface area contributed by atoms with E-state index in [0.29, 0.717) is 41.8 Å². The largest absolute Gasteiger partial charge is 0.478 e. The van der Waals surface area contributed by atoms with Crippen LogP contribution in [0.15, 0.2) is 30.3 Å². The Morgan fingerprint density at radius 2 is 2.04 bits per heavy atom. The van der Waals surface area contributed by atoms with Crippen molar-refractivity contribution in [3.8, 4) is 0 Å². The van der Waals surface area contributed by atoms with Gasteiger partial charge in [-0.3, -0.25) is 4.79 Å². The van der Waals surface area contributed by atoms with E-state index in [2.05, 4.69) is 10.3 Å². The van der Waals surface area contributed by atoms with Crippen LogP contribution in [0.2, 0.25) is 5.02 Å². The molecule has 7 nitrogen and oxygen atoms in total. The Morgan fingerprint density at radius 1 is 1.30 bits per heavy atom. The van der Waals surface area contributed by atoms with Gasteiger partial charge in [-0.2, -0.15) is 0 Å². The van der Waals surface area contributed by atoms with Gasteiger partial charge in [-0.15, -0.1) is 0 Å². The Kier molecular flexibility index (Phi) is 7.15. The summed E-state index contributed by atoms with van der Waals surface area (Å²) in [5, 5.41) is 12.2. The number of aromatic nitrogens is 1. The third kappa shape index (κ3) is 5.42. The molecule has 1 aromatic heterocycles. The molecule has 1 heterocycles. The molecule has 0 aliphatic rings. The number of methoxy groups -OCH3 is 1. The number of pyridine rings is 1. The van der Waals surface area contributed by atoms with E-state index in [1.165, 1.54) is 18.2 Å². The highest BCUT2D eigenvalue weighted by Crippen LogP contribution is 2.21. The maximum absolute atomic E-state index is 12.6. The number of hydrogen-bond donors (Lipinski definition) is 2. The Morgan fingerprint density at radius 3 is 2.63 bits per heavy atom. The highest BCUT2D eigenvalue weighted by Gasteiger charge is 2.15. The van der Waals surface area contributed by atoms with E-state index < -0.39 is 11.9 Å². The highest BCUT2D eigenvalue weighted by molar-refractivity contribution is 6.31. The topological polar surface area (TPSA) is 91.8 Å². The first-order chi connectivity index (χ1) is 12.8. The number of nitrogens with zero attached hydrogens (tertiary/aromatic N) is 2. The first-order valence-corrected chi connectivity index (χ1v) is 8.80. The van der Waals surface area contributed by atoms with E-state index in [1.54, 1.807) is 26.2 Å². The summed E-state index contributed by atoms with van der Waals surface area (Å²) in [7, 11) is 1.62. The summed E-state index contributed by atoms with van der Waals surface area (Å²) in [6.45, 7) is 5.48. The summed E-state index contributed by atoms with van der Waals surface area (Å²) in [5.74, 6) is -0.851. The molecular formula is C19H22ClN3O4. The van der Waals surface area contributed by atoms with Crippen molar-refractivity contribution in [2.45, 2.75) is 13.8 Å². The predicted molar refractivity (Wildman–Crippen MR) is 105 cm³/mol. The average Bonchev–Trinajstić information content (AvgIpc) is 2.61. The second-order valence-corrected chi connectivity index (χ2v) is 6.33. The van der Waals surface area contributed by atoms with Gasteiger partial charge in [-0.1, -0.05) is 11.6 Å². The number of nitrogens with one attached hydrogen (secondary N) is 1. The van der Waals surface area contributed by atoms with E-state index in [-0.39, 0.29) is 11.3 Å². The number of halogens is 1. The number of carboxylic acids is 1. The van der Waals surface area contributed by atoms with Crippen LogP contribution in [0.5, 0.6) is 0 Å². The summed E-state index contributed by atoms with van der Waals surface area (Å²) < 4.78 is 5.10. The molecule has 8 heteroatoms. The van der Waals surface area contributed by atoms with Gasteiger partial charge in [0.15, 0.2) is 0 Å². The van der Waals surface area contributed by atoms with Crippen LogP contribution in [-0.2, 0) is 4.74 Å². The number of likely N-dealkylation sites (N-methyl/N-ethyl adjacent to an activating group) is 1. The van der Waals surface area contributed by atoms with Crippen molar-refractivity contribution in [2.24, 2.45) is 0 Å². The first-order valence-electron chi connectivity index (χ1n) is 8.42. The lowest BCUT2D eigenvalue weighted by Gasteiger charge is -2.22. The SMILES string of the molecule is CCN(CCOC)c1cc(Cl)cc(C(=O)Nc2ccc(C(=O)O)c(C)c2)n1. The lowest BCUT2D eigenvalue weighted by molar-refractivity contribution is 0.0696. The number of amides is 1. The molecule has 27 heavy (non-hydrogen) atoms. The molecule has 2 aromatic rings. The zero-order valence-corrected chi connectivity index (χ0v) is 16.2. The number of benzene rings is 1. The minimum atomic E-state index is -1.01. The zero-order chi connectivity index (χ0) is 20.0. The van der Waals surface area contributed by atoms with Gasteiger partial charge in [-0.25, -0.2) is 9.78 Å². The van der Waals surface area contributed by atoms with Gasteiger partial charge in [0, 0.05) is 30.9 Å². The second kappa shape index (κ2) is 9.34. The van der Waals surface area contributed by atoms with Crippen molar-refractivity contribution < 1.29 is 19.4 Å². The number of rotatable bonds is 8. The summed E-state index contributed by atoms with van der Waals surface area (Å²) >= 11 is 6.17. The van der Waals surface area contributed by atoms with Gasteiger partial charge in [0.05, 0.1) is 12.2 Å². The van der Waals surface area contributed by atoms with Crippen LogP contribution in [0, 0.1) is 6.92 Å². The lowest BCUT2D eigenvalue weighted by Crippen LogP contribution is -2.28. The fourth-order valence-electron chi connectivity index (χ4n) is 2.57. The molecule has 2 N–H and O–H groups in total. The lowest BCUT2D eigenvalue weighted by atomic mass is 10.1. The molecule has 2 rings (SSSR count). The summed E-state index contributed by atoms with van der Waals surface area (Å²) in [4.78, 5) is 30.0. The van der Waals surface area contributed by atoms with Crippen LogP contribution >= 0.6 is 11.6 Å². The Hall–Kier alpha value is -2.64. The number of hydrogen-bond acceptors (Lipinski definition) is 5. The van der Waals surface area contributed by atoms with Gasteiger partial charge < -0.3 is 20.1 Å². The number of anilines is 2.